The lowest BCUT2D eigenvalue weighted by atomic mass is 10.1. The maximum atomic E-state index is 13.0. The topological polar surface area (TPSA) is 29.1 Å². The van der Waals surface area contributed by atoms with Gasteiger partial charge in [-0.2, -0.15) is 0 Å². The van der Waals surface area contributed by atoms with Crippen LogP contribution in [0, 0.1) is 17.5 Å². The number of hydrogen-bond acceptors (Lipinski definition) is 1. The summed E-state index contributed by atoms with van der Waals surface area (Å²) >= 11 is 0. The van der Waals surface area contributed by atoms with Gasteiger partial charge in [-0.1, -0.05) is 11.6 Å². The highest BCUT2D eigenvalue weighted by Gasteiger charge is 2.15. The van der Waals surface area contributed by atoms with Crippen LogP contribution in [0.4, 0.5) is 13.2 Å². The third-order valence-electron chi connectivity index (χ3n) is 3.11. The molecule has 2 rings (SSSR count). The molecule has 1 amide bonds. The molecule has 0 bridgehead atoms. The Balaban J connectivity index is 1.92. The quantitative estimate of drug-likeness (QED) is 0.659. The zero-order valence-corrected chi connectivity index (χ0v) is 10.3. The Morgan fingerprint density at radius 1 is 1.21 bits per heavy atom. The first-order valence-corrected chi connectivity index (χ1v) is 6.18. The zero-order chi connectivity index (χ0) is 13.8. The molecular formula is C14H14F3NO. The largest absolute Gasteiger partial charge is 0.352 e. The van der Waals surface area contributed by atoms with Crippen molar-refractivity contribution in [2.45, 2.75) is 25.7 Å². The van der Waals surface area contributed by atoms with Gasteiger partial charge in [-0.05, 0) is 37.8 Å². The summed E-state index contributed by atoms with van der Waals surface area (Å²) in [5.41, 5.74) is 1.08. The number of hydrogen-bond donors (Lipinski definition) is 1. The van der Waals surface area contributed by atoms with Crippen LogP contribution in [0.1, 0.15) is 36.0 Å². The van der Waals surface area contributed by atoms with E-state index < -0.39 is 23.4 Å². The highest BCUT2D eigenvalue weighted by Crippen LogP contribution is 2.20. The molecule has 1 aromatic rings. The van der Waals surface area contributed by atoms with Gasteiger partial charge in [0.2, 0.25) is 0 Å². The van der Waals surface area contributed by atoms with Crippen LogP contribution in [0.25, 0.3) is 0 Å². The molecule has 19 heavy (non-hydrogen) atoms. The molecule has 5 heteroatoms. The lowest BCUT2D eigenvalue weighted by molar-refractivity contribution is 0.0953. The first-order chi connectivity index (χ1) is 9.08. The van der Waals surface area contributed by atoms with Crippen LogP contribution in [-0.2, 0) is 0 Å². The van der Waals surface area contributed by atoms with Crippen molar-refractivity contribution in [3.8, 4) is 0 Å². The van der Waals surface area contributed by atoms with Crippen molar-refractivity contribution in [1.29, 1.82) is 0 Å². The minimum absolute atomic E-state index is 0.211. The first-order valence-electron chi connectivity index (χ1n) is 6.18. The number of halogens is 3. The normalized spacial score (nSPS) is 14.4. The summed E-state index contributed by atoms with van der Waals surface area (Å²) in [5, 5.41) is 2.56. The van der Waals surface area contributed by atoms with E-state index in [4.69, 9.17) is 0 Å². The predicted octanol–water partition coefficient (Wildman–Crippen LogP) is 3.33. The molecular weight excluding hydrogens is 255 g/mol. The minimum atomic E-state index is -1.56. The number of allylic oxidation sites excluding steroid dienone is 1. The van der Waals surface area contributed by atoms with E-state index in [0.717, 1.165) is 25.7 Å². The number of amides is 1. The van der Waals surface area contributed by atoms with E-state index in [9.17, 15) is 18.0 Å². The Labute approximate surface area is 109 Å². The molecule has 1 N–H and O–H groups in total. The summed E-state index contributed by atoms with van der Waals surface area (Å²) in [5.74, 6) is -4.88. The molecule has 0 unspecified atom stereocenters. The molecule has 2 nitrogen and oxygen atoms in total. The van der Waals surface area contributed by atoms with Gasteiger partial charge < -0.3 is 5.32 Å². The lowest BCUT2D eigenvalue weighted by Gasteiger charge is -2.06. The van der Waals surface area contributed by atoms with Gasteiger partial charge in [0.1, 0.15) is 0 Å². The van der Waals surface area contributed by atoms with E-state index in [-0.39, 0.29) is 5.56 Å². The van der Waals surface area contributed by atoms with Gasteiger partial charge in [0, 0.05) is 12.1 Å². The summed E-state index contributed by atoms with van der Waals surface area (Å²) in [6, 6.07) is 1.39. The zero-order valence-electron chi connectivity index (χ0n) is 10.3. The van der Waals surface area contributed by atoms with Crippen LogP contribution in [0.2, 0.25) is 0 Å². The maximum Gasteiger partial charge on any atom is 0.251 e. The molecule has 0 fully saturated rings. The number of carbonyl (C=O) groups is 1. The Bertz CT molecular complexity index is 502. The van der Waals surface area contributed by atoms with Gasteiger partial charge in [-0.3, -0.25) is 4.79 Å². The summed E-state index contributed by atoms with van der Waals surface area (Å²) in [6.07, 6.45) is 6.12. The van der Waals surface area contributed by atoms with E-state index in [0.29, 0.717) is 18.7 Å². The second-order valence-corrected chi connectivity index (χ2v) is 4.51. The molecule has 1 aliphatic rings. The standard InChI is InChI=1S/C14H14F3NO/c15-11-7-10(8-12(16)13(11)17)14(19)18-6-5-9-3-1-2-4-9/h3,7-8H,1-2,4-6H2,(H,18,19). The summed E-state index contributed by atoms with van der Waals surface area (Å²) in [4.78, 5) is 11.6. The molecule has 0 atom stereocenters. The third-order valence-corrected chi connectivity index (χ3v) is 3.11. The van der Waals surface area contributed by atoms with Gasteiger partial charge in [0.05, 0.1) is 0 Å². The molecule has 0 aromatic heterocycles. The number of carbonyl (C=O) groups excluding carboxylic acids is 1. The average Bonchev–Trinajstić information content (AvgIpc) is 2.88. The van der Waals surface area contributed by atoms with Crippen LogP contribution in [0.5, 0.6) is 0 Å². The van der Waals surface area contributed by atoms with Crippen molar-refractivity contribution in [1.82, 2.24) is 5.32 Å². The molecule has 0 saturated carbocycles. The van der Waals surface area contributed by atoms with Crippen LogP contribution in [0.15, 0.2) is 23.8 Å². The van der Waals surface area contributed by atoms with Gasteiger partial charge in [0.25, 0.3) is 5.91 Å². The Hall–Kier alpha value is -1.78. The highest BCUT2D eigenvalue weighted by molar-refractivity contribution is 5.94. The maximum absolute atomic E-state index is 13.0. The van der Waals surface area contributed by atoms with Crippen molar-refractivity contribution in [3.63, 3.8) is 0 Å². The van der Waals surface area contributed by atoms with Crippen molar-refractivity contribution >= 4 is 5.91 Å². The fourth-order valence-electron chi connectivity index (χ4n) is 2.09. The molecule has 0 saturated heterocycles. The van der Waals surface area contributed by atoms with Gasteiger partial charge in [-0.15, -0.1) is 0 Å². The van der Waals surface area contributed by atoms with Crippen LogP contribution in [-0.4, -0.2) is 12.5 Å². The molecule has 0 spiro atoms. The van der Waals surface area contributed by atoms with E-state index in [1.165, 1.54) is 5.57 Å². The predicted molar refractivity (Wildman–Crippen MR) is 65.2 cm³/mol. The Morgan fingerprint density at radius 2 is 1.89 bits per heavy atom. The smallest absolute Gasteiger partial charge is 0.251 e. The monoisotopic (exact) mass is 269 g/mol. The molecule has 0 radical (unpaired) electrons. The Morgan fingerprint density at radius 3 is 2.47 bits per heavy atom. The van der Waals surface area contributed by atoms with E-state index in [2.05, 4.69) is 11.4 Å². The van der Waals surface area contributed by atoms with E-state index in [1.807, 2.05) is 0 Å². The third kappa shape index (κ3) is 3.36. The van der Waals surface area contributed by atoms with Crippen molar-refractivity contribution < 1.29 is 18.0 Å². The molecule has 102 valence electrons. The van der Waals surface area contributed by atoms with E-state index in [1.54, 1.807) is 0 Å². The number of benzene rings is 1. The minimum Gasteiger partial charge on any atom is -0.352 e. The molecule has 1 aromatic carbocycles. The van der Waals surface area contributed by atoms with Crippen LogP contribution in [0.3, 0.4) is 0 Å². The average molecular weight is 269 g/mol. The second kappa shape index (κ2) is 5.91. The SMILES string of the molecule is O=C(NCCC1=CCCC1)c1cc(F)c(F)c(F)c1. The first kappa shape index (κ1) is 13.6. The number of nitrogens with one attached hydrogen (secondary N) is 1. The van der Waals surface area contributed by atoms with Crippen LogP contribution >= 0.6 is 0 Å². The Kier molecular flexibility index (Phi) is 4.24. The second-order valence-electron chi connectivity index (χ2n) is 4.51. The van der Waals surface area contributed by atoms with Gasteiger partial charge in [0.15, 0.2) is 17.5 Å². The molecule has 1 aliphatic carbocycles. The summed E-state index contributed by atoms with van der Waals surface area (Å²) in [7, 11) is 0. The van der Waals surface area contributed by atoms with Gasteiger partial charge >= 0.3 is 0 Å². The molecule has 0 heterocycles. The van der Waals surface area contributed by atoms with Crippen molar-refractivity contribution in [2.24, 2.45) is 0 Å². The summed E-state index contributed by atoms with van der Waals surface area (Å²) in [6.45, 7) is 0.408. The highest BCUT2D eigenvalue weighted by atomic mass is 19.2. The molecule has 0 aliphatic heterocycles. The van der Waals surface area contributed by atoms with Crippen molar-refractivity contribution in [3.05, 3.63) is 46.8 Å². The lowest BCUT2D eigenvalue weighted by Crippen LogP contribution is -2.25. The van der Waals surface area contributed by atoms with Crippen molar-refractivity contribution in [2.75, 3.05) is 6.54 Å². The van der Waals surface area contributed by atoms with Gasteiger partial charge in [-0.25, -0.2) is 13.2 Å². The number of rotatable bonds is 4. The van der Waals surface area contributed by atoms with E-state index >= 15 is 0 Å². The summed E-state index contributed by atoms with van der Waals surface area (Å²) < 4.78 is 38.7. The van der Waals surface area contributed by atoms with Crippen LogP contribution < -0.4 is 5.32 Å². The fourth-order valence-corrected chi connectivity index (χ4v) is 2.09. The fraction of sp³-hybridized carbons (Fsp3) is 0.357.